The van der Waals surface area contributed by atoms with Crippen molar-refractivity contribution in [2.75, 3.05) is 0 Å². The van der Waals surface area contributed by atoms with Crippen molar-refractivity contribution in [1.82, 2.24) is 15.2 Å². The van der Waals surface area contributed by atoms with E-state index in [-0.39, 0.29) is 5.91 Å². The van der Waals surface area contributed by atoms with Crippen LogP contribution in [0.5, 0.6) is 0 Å². The summed E-state index contributed by atoms with van der Waals surface area (Å²) in [6, 6.07) is 28.2. The number of rotatable bonds is 5. The Kier molecular flexibility index (Phi) is 5.35. The Morgan fingerprint density at radius 2 is 1.78 bits per heavy atom. The second-order valence-electron chi connectivity index (χ2n) is 7.44. The highest BCUT2D eigenvalue weighted by Gasteiger charge is 2.17. The number of hydrazone groups is 1. The Hall–Kier alpha value is -4.03. The van der Waals surface area contributed by atoms with E-state index in [0.29, 0.717) is 5.69 Å². The van der Waals surface area contributed by atoms with E-state index in [1.165, 1.54) is 5.39 Å². The topological polar surface area (TPSA) is 59.3 Å². The van der Waals surface area contributed by atoms with Gasteiger partial charge in [-0.3, -0.25) is 4.79 Å². The molecule has 0 fully saturated rings. The Balaban J connectivity index is 1.54. The van der Waals surface area contributed by atoms with Crippen LogP contribution in [0.25, 0.3) is 27.7 Å². The number of hydrogen-bond acceptors (Lipinski definition) is 4. The molecule has 3 aromatic carbocycles. The summed E-state index contributed by atoms with van der Waals surface area (Å²) in [4.78, 5) is 13.7. The van der Waals surface area contributed by atoms with Gasteiger partial charge in [-0.15, -0.1) is 11.3 Å². The van der Waals surface area contributed by atoms with Gasteiger partial charge in [0.25, 0.3) is 5.91 Å². The number of thiophene rings is 1. The summed E-state index contributed by atoms with van der Waals surface area (Å²) in [5.74, 6) is -0.356. The van der Waals surface area contributed by atoms with Gasteiger partial charge in [-0.2, -0.15) is 10.2 Å². The van der Waals surface area contributed by atoms with Crippen LogP contribution in [0.1, 0.15) is 20.9 Å². The van der Waals surface area contributed by atoms with Gasteiger partial charge in [-0.25, -0.2) is 10.1 Å². The highest BCUT2D eigenvalue weighted by Crippen LogP contribution is 2.27. The first-order valence-corrected chi connectivity index (χ1v) is 11.1. The fourth-order valence-corrected chi connectivity index (χ4v) is 4.09. The maximum Gasteiger partial charge on any atom is 0.291 e. The molecule has 5 rings (SSSR count). The van der Waals surface area contributed by atoms with Crippen LogP contribution in [0, 0.1) is 6.92 Å². The molecule has 0 spiro atoms. The maximum atomic E-state index is 12.8. The number of nitrogens with zero attached hydrogens (tertiary/aromatic N) is 3. The highest BCUT2D eigenvalue weighted by molar-refractivity contribution is 7.11. The van der Waals surface area contributed by atoms with Gasteiger partial charge in [-0.1, -0.05) is 60.2 Å². The Morgan fingerprint density at radius 3 is 2.56 bits per heavy atom. The predicted octanol–water partition coefficient (Wildman–Crippen LogP) is 5.83. The van der Waals surface area contributed by atoms with Crippen molar-refractivity contribution in [2.24, 2.45) is 5.10 Å². The number of carbonyl (C=O) groups is 1. The Bertz CT molecular complexity index is 1420. The van der Waals surface area contributed by atoms with E-state index in [1.807, 2.05) is 60.8 Å². The zero-order chi connectivity index (χ0) is 21.9. The predicted molar refractivity (Wildman–Crippen MR) is 131 cm³/mol. The smallest absolute Gasteiger partial charge is 0.265 e. The third-order valence-electron chi connectivity index (χ3n) is 5.17. The molecule has 1 N–H and O–H groups in total. The first-order valence-electron chi connectivity index (χ1n) is 10.2. The fourth-order valence-electron chi connectivity index (χ4n) is 3.51. The van der Waals surface area contributed by atoms with Gasteiger partial charge >= 0.3 is 0 Å². The molecule has 5 aromatic rings. The number of nitrogens with one attached hydrogen (secondary N) is 1. The highest BCUT2D eigenvalue weighted by atomic mass is 32.1. The molecule has 156 valence electrons. The molecule has 6 heteroatoms. The van der Waals surface area contributed by atoms with Crippen molar-refractivity contribution >= 4 is 34.2 Å². The van der Waals surface area contributed by atoms with Crippen LogP contribution >= 0.6 is 11.3 Å². The molecule has 2 aromatic heterocycles. The van der Waals surface area contributed by atoms with Crippen molar-refractivity contribution in [1.29, 1.82) is 0 Å². The van der Waals surface area contributed by atoms with E-state index in [2.05, 4.69) is 46.0 Å². The molecule has 0 saturated heterocycles. The quantitative estimate of drug-likeness (QED) is 0.278. The van der Waals surface area contributed by atoms with Crippen LogP contribution in [-0.4, -0.2) is 21.9 Å². The van der Waals surface area contributed by atoms with Gasteiger partial charge in [0.05, 0.1) is 17.6 Å². The first kappa shape index (κ1) is 19.9. The van der Waals surface area contributed by atoms with E-state index in [4.69, 9.17) is 0 Å². The average Bonchev–Trinajstić information content (AvgIpc) is 3.50. The number of fused-ring (bicyclic) bond motifs is 1. The molecule has 0 radical (unpaired) electrons. The minimum Gasteiger partial charge on any atom is -0.265 e. The molecule has 0 aliphatic heterocycles. The second kappa shape index (κ2) is 8.61. The number of aromatic nitrogens is 2. The number of hydrogen-bond donors (Lipinski definition) is 1. The number of amides is 1. The zero-order valence-corrected chi connectivity index (χ0v) is 18.2. The van der Waals surface area contributed by atoms with Gasteiger partial charge in [0.15, 0.2) is 5.69 Å². The monoisotopic (exact) mass is 436 g/mol. The van der Waals surface area contributed by atoms with Crippen LogP contribution in [-0.2, 0) is 0 Å². The summed E-state index contributed by atoms with van der Waals surface area (Å²) in [5, 5.41) is 12.9. The van der Waals surface area contributed by atoms with Crippen LogP contribution < -0.4 is 5.43 Å². The van der Waals surface area contributed by atoms with Crippen molar-refractivity contribution in [2.45, 2.75) is 6.92 Å². The van der Waals surface area contributed by atoms with E-state index in [1.54, 1.807) is 28.3 Å². The third-order valence-corrected chi connectivity index (χ3v) is 5.97. The summed E-state index contributed by atoms with van der Waals surface area (Å²) in [7, 11) is 0. The van der Waals surface area contributed by atoms with Crippen molar-refractivity contribution in [3.8, 4) is 16.9 Å². The zero-order valence-electron chi connectivity index (χ0n) is 17.4. The van der Waals surface area contributed by atoms with Crippen molar-refractivity contribution in [3.63, 3.8) is 0 Å². The molecular weight excluding hydrogens is 416 g/mol. The molecule has 0 atom stereocenters. The van der Waals surface area contributed by atoms with Crippen LogP contribution in [0.3, 0.4) is 0 Å². The fraction of sp³-hybridized carbons (Fsp3) is 0.0385. The number of carbonyl (C=O) groups excluding carboxylic acids is 1. The molecule has 0 aliphatic rings. The average molecular weight is 437 g/mol. The first-order chi connectivity index (χ1) is 15.7. The van der Waals surface area contributed by atoms with Crippen LogP contribution in [0.4, 0.5) is 0 Å². The molecule has 2 heterocycles. The summed E-state index contributed by atoms with van der Waals surface area (Å²) in [6.07, 6.45) is 1.63. The normalized spacial score (nSPS) is 11.3. The van der Waals surface area contributed by atoms with Gasteiger partial charge in [-0.05, 0) is 53.4 Å². The van der Waals surface area contributed by atoms with E-state index in [9.17, 15) is 4.79 Å². The summed E-state index contributed by atoms with van der Waals surface area (Å²) in [6.45, 7) is 2.04. The van der Waals surface area contributed by atoms with Gasteiger partial charge in [0.2, 0.25) is 0 Å². The minimum atomic E-state index is -0.356. The molecule has 5 nitrogen and oxygen atoms in total. The van der Waals surface area contributed by atoms with E-state index < -0.39 is 0 Å². The Morgan fingerprint density at radius 1 is 0.969 bits per heavy atom. The van der Waals surface area contributed by atoms with Crippen molar-refractivity contribution < 1.29 is 4.79 Å². The van der Waals surface area contributed by atoms with Gasteiger partial charge in [0, 0.05) is 10.4 Å². The van der Waals surface area contributed by atoms with Gasteiger partial charge in [0.1, 0.15) is 0 Å². The Labute approximate surface area is 189 Å². The van der Waals surface area contributed by atoms with Crippen LogP contribution in [0.15, 0.2) is 95.4 Å². The lowest BCUT2D eigenvalue weighted by molar-refractivity contribution is 0.0949. The minimum absolute atomic E-state index is 0.303. The van der Waals surface area contributed by atoms with E-state index in [0.717, 1.165) is 32.8 Å². The lowest BCUT2D eigenvalue weighted by Gasteiger charge is -2.09. The summed E-state index contributed by atoms with van der Waals surface area (Å²) in [5.41, 5.74) is 6.76. The molecule has 0 bridgehead atoms. The molecule has 1 amide bonds. The standard InChI is InChI=1S/C26H20N4OS/c1-18-8-12-22(13-9-18)30-25(21-11-10-19-5-2-3-6-20(19)15-21)16-24(29-30)26(31)28-27-17-23-7-4-14-32-23/h2-17H,1H3,(H,28,31)/b27-17-. The number of benzene rings is 3. The summed E-state index contributed by atoms with van der Waals surface area (Å²) < 4.78 is 1.81. The maximum absolute atomic E-state index is 12.8. The van der Waals surface area contributed by atoms with E-state index >= 15 is 0 Å². The SMILES string of the molecule is Cc1ccc(-n2nc(C(=O)N/N=C\c3cccs3)cc2-c2ccc3ccccc3c2)cc1. The second-order valence-corrected chi connectivity index (χ2v) is 8.42. The van der Waals surface area contributed by atoms with Gasteiger partial charge < -0.3 is 0 Å². The lowest BCUT2D eigenvalue weighted by Crippen LogP contribution is -2.18. The molecular formula is C26H20N4OS. The lowest BCUT2D eigenvalue weighted by atomic mass is 10.0. The van der Waals surface area contributed by atoms with Crippen molar-refractivity contribution in [3.05, 3.63) is 106 Å². The third kappa shape index (κ3) is 4.08. The molecule has 0 unspecified atom stereocenters. The molecule has 0 saturated carbocycles. The largest absolute Gasteiger partial charge is 0.291 e. The van der Waals surface area contributed by atoms with Crippen LogP contribution in [0.2, 0.25) is 0 Å². The molecule has 32 heavy (non-hydrogen) atoms. The summed E-state index contributed by atoms with van der Waals surface area (Å²) >= 11 is 1.55. The molecule has 0 aliphatic carbocycles. The number of aryl methyl sites for hydroxylation is 1.